The Morgan fingerprint density at radius 2 is 2.10 bits per heavy atom. The van der Waals surface area contributed by atoms with E-state index < -0.39 is 10.0 Å². The summed E-state index contributed by atoms with van der Waals surface area (Å²) in [5, 5.41) is 3.21. The average molecular weight is 310 g/mol. The third-order valence-electron chi connectivity index (χ3n) is 4.36. The summed E-state index contributed by atoms with van der Waals surface area (Å²) in [5.41, 5.74) is 0.994. The third-order valence-corrected chi connectivity index (χ3v) is 5.78. The zero-order valence-electron chi connectivity index (χ0n) is 12.9. The Balaban J connectivity index is 2.01. The molecular formula is C16H26N2O2S. The fourth-order valence-corrected chi connectivity index (χ4v) is 4.08. The highest BCUT2D eigenvalue weighted by atomic mass is 32.2. The van der Waals surface area contributed by atoms with Gasteiger partial charge in [0.15, 0.2) is 0 Å². The summed E-state index contributed by atoms with van der Waals surface area (Å²) in [6.45, 7) is 6.36. The maximum atomic E-state index is 12.4. The van der Waals surface area contributed by atoms with E-state index in [0.717, 1.165) is 18.5 Å². The maximum Gasteiger partial charge on any atom is 0.240 e. The van der Waals surface area contributed by atoms with E-state index >= 15 is 0 Å². The quantitative estimate of drug-likeness (QED) is 0.813. The van der Waals surface area contributed by atoms with Crippen molar-refractivity contribution in [3.05, 3.63) is 29.8 Å². The number of rotatable bonds is 7. The molecule has 1 fully saturated rings. The summed E-state index contributed by atoms with van der Waals surface area (Å²) >= 11 is 0. The van der Waals surface area contributed by atoms with Gasteiger partial charge in [-0.1, -0.05) is 38.8 Å². The van der Waals surface area contributed by atoms with E-state index in [1.54, 1.807) is 18.2 Å². The minimum Gasteiger partial charge on any atom is -0.313 e. The van der Waals surface area contributed by atoms with Crippen molar-refractivity contribution in [3.63, 3.8) is 0 Å². The maximum absolute atomic E-state index is 12.4. The van der Waals surface area contributed by atoms with Crippen molar-refractivity contribution in [3.8, 4) is 0 Å². The molecule has 0 aliphatic heterocycles. The van der Waals surface area contributed by atoms with E-state index in [1.165, 1.54) is 12.8 Å². The molecule has 0 spiro atoms. The van der Waals surface area contributed by atoms with Crippen LogP contribution < -0.4 is 10.0 Å². The molecule has 0 saturated heterocycles. The molecule has 0 radical (unpaired) electrons. The van der Waals surface area contributed by atoms with Gasteiger partial charge in [-0.2, -0.15) is 0 Å². The number of hydrogen-bond acceptors (Lipinski definition) is 3. The Morgan fingerprint density at radius 3 is 2.76 bits per heavy atom. The van der Waals surface area contributed by atoms with E-state index in [9.17, 15) is 8.42 Å². The fourth-order valence-electron chi connectivity index (χ4n) is 2.92. The Kier molecular flexibility index (Phi) is 5.79. The third kappa shape index (κ3) is 4.53. The largest absolute Gasteiger partial charge is 0.313 e. The molecule has 0 amide bonds. The first-order valence-corrected chi connectivity index (χ1v) is 9.30. The summed E-state index contributed by atoms with van der Waals surface area (Å²) in [6, 6.07) is 7.17. The van der Waals surface area contributed by atoms with Gasteiger partial charge in [0.1, 0.15) is 0 Å². The lowest BCUT2D eigenvalue weighted by molar-refractivity contribution is 0.414. The summed E-state index contributed by atoms with van der Waals surface area (Å²) < 4.78 is 27.6. The lowest BCUT2D eigenvalue weighted by atomic mass is 9.99. The summed E-state index contributed by atoms with van der Waals surface area (Å²) in [6.07, 6.45) is 3.56. The second kappa shape index (κ2) is 7.38. The van der Waals surface area contributed by atoms with Gasteiger partial charge in [0, 0.05) is 13.1 Å². The normalized spacial score (nSPS) is 22.6. The second-order valence-electron chi connectivity index (χ2n) is 5.95. The first kappa shape index (κ1) is 16.5. The van der Waals surface area contributed by atoms with E-state index in [2.05, 4.69) is 17.0 Å². The Bertz CT molecular complexity index is 557. The molecule has 2 atom stereocenters. The minimum atomic E-state index is -3.40. The second-order valence-corrected chi connectivity index (χ2v) is 7.71. The lowest BCUT2D eigenvalue weighted by Gasteiger charge is -2.16. The molecule has 118 valence electrons. The van der Waals surface area contributed by atoms with Crippen LogP contribution in [0.1, 0.15) is 38.7 Å². The van der Waals surface area contributed by atoms with Gasteiger partial charge in [0.25, 0.3) is 0 Å². The highest BCUT2D eigenvalue weighted by Gasteiger charge is 2.25. The molecule has 0 aromatic heterocycles. The molecule has 1 saturated carbocycles. The van der Waals surface area contributed by atoms with Crippen LogP contribution in [0.4, 0.5) is 0 Å². The van der Waals surface area contributed by atoms with Gasteiger partial charge in [-0.05, 0) is 42.5 Å². The predicted molar refractivity (Wildman–Crippen MR) is 85.5 cm³/mol. The molecule has 2 rings (SSSR count). The molecule has 4 nitrogen and oxygen atoms in total. The molecule has 1 aliphatic rings. The summed E-state index contributed by atoms with van der Waals surface area (Å²) in [4.78, 5) is 0.364. The SMILES string of the molecule is CCNCc1cccc(S(=O)(=O)NCC2CCCC2C)c1. The Morgan fingerprint density at radius 1 is 1.29 bits per heavy atom. The summed E-state index contributed by atoms with van der Waals surface area (Å²) in [7, 11) is -3.40. The van der Waals surface area contributed by atoms with Crippen molar-refractivity contribution < 1.29 is 8.42 Å². The molecule has 2 unspecified atom stereocenters. The molecule has 5 heteroatoms. The molecule has 21 heavy (non-hydrogen) atoms. The van der Waals surface area contributed by atoms with E-state index in [1.807, 2.05) is 13.0 Å². The van der Waals surface area contributed by atoms with Crippen LogP contribution >= 0.6 is 0 Å². The van der Waals surface area contributed by atoms with Crippen LogP contribution in [-0.2, 0) is 16.6 Å². The monoisotopic (exact) mass is 310 g/mol. The standard InChI is InChI=1S/C16H26N2O2S/c1-3-17-11-14-7-5-9-16(10-14)21(19,20)18-12-15-8-4-6-13(15)2/h5,7,9-10,13,15,17-18H,3-4,6,8,11-12H2,1-2H3. The number of sulfonamides is 1. The van der Waals surface area contributed by atoms with Crippen molar-refractivity contribution in [1.82, 2.24) is 10.0 Å². The van der Waals surface area contributed by atoms with Gasteiger partial charge >= 0.3 is 0 Å². The van der Waals surface area contributed by atoms with Crippen LogP contribution in [0.3, 0.4) is 0 Å². The first-order valence-electron chi connectivity index (χ1n) is 7.82. The van der Waals surface area contributed by atoms with E-state index in [-0.39, 0.29) is 0 Å². The van der Waals surface area contributed by atoms with Gasteiger partial charge in [-0.25, -0.2) is 13.1 Å². The first-order chi connectivity index (χ1) is 10.0. The van der Waals surface area contributed by atoms with Crippen LogP contribution in [0.15, 0.2) is 29.2 Å². The molecular weight excluding hydrogens is 284 g/mol. The minimum absolute atomic E-state index is 0.364. The van der Waals surface area contributed by atoms with Crippen molar-refractivity contribution in [2.75, 3.05) is 13.1 Å². The topological polar surface area (TPSA) is 58.2 Å². The predicted octanol–water partition coefficient (Wildman–Crippen LogP) is 2.51. The van der Waals surface area contributed by atoms with Crippen molar-refractivity contribution >= 4 is 10.0 Å². The molecule has 1 aromatic rings. The van der Waals surface area contributed by atoms with Crippen LogP contribution in [0.5, 0.6) is 0 Å². The summed E-state index contributed by atoms with van der Waals surface area (Å²) in [5.74, 6) is 1.09. The molecule has 1 aromatic carbocycles. The van der Waals surface area contributed by atoms with Gasteiger partial charge in [0.05, 0.1) is 4.90 Å². The van der Waals surface area contributed by atoms with Gasteiger partial charge in [-0.3, -0.25) is 0 Å². The van der Waals surface area contributed by atoms with Crippen LogP contribution in [0, 0.1) is 11.8 Å². The Hall–Kier alpha value is -0.910. The number of benzene rings is 1. The highest BCUT2D eigenvalue weighted by Crippen LogP contribution is 2.30. The van der Waals surface area contributed by atoms with Crippen LogP contribution in [-0.4, -0.2) is 21.5 Å². The van der Waals surface area contributed by atoms with Crippen LogP contribution in [0.25, 0.3) is 0 Å². The molecule has 1 aliphatic carbocycles. The lowest BCUT2D eigenvalue weighted by Crippen LogP contribution is -2.30. The van der Waals surface area contributed by atoms with Crippen molar-refractivity contribution in [2.24, 2.45) is 11.8 Å². The average Bonchev–Trinajstić information content (AvgIpc) is 2.89. The van der Waals surface area contributed by atoms with Gasteiger partial charge in [0.2, 0.25) is 10.0 Å². The zero-order chi connectivity index (χ0) is 15.3. The Labute approximate surface area is 128 Å². The highest BCUT2D eigenvalue weighted by molar-refractivity contribution is 7.89. The number of hydrogen-bond donors (Lipinski definition) is 2. The van der Waals surface area contributed by atoms with E-state index in [4.69, 9.17) is 0 Å². The molecule has 0 bridgehead atoms. The number of nitrogens with one attached hydrogen (secondary N) is 2. The smallest absolute Gasteiger partial charge is 0.240 e. The van der Waals surface area contributed by atoms with Crippen molar-refractivity contribution in [1.29, 1.82) is 0 Å². The van der Waals surface area contributed by atoms with Crippen LogP contribution in [0.2, 0.25) is 0 Å². The molecule has 0 heterocycles. The fraction of sp³-hybridized carbons (Fsp3) is 0.625. The van der Waals surface area contributed by atoms with E-state index in [0.29, 0.717) is 29.8 Å². The van der Waals surface area contributed by atoms with Gasteiger partial charge in [-0.15, -0.1) is 0 Å². The zero-order valence-corrected chi connectivity index (χ0v) is 13.7. The van der Waals surface area contributed by atoms with Gasteiger partial charge < -0.3 is 5.32 Å². The van der Waals surface area contributed by atoms with Crippen molar-refractivity contribution in [2.45, 2.75) is 44.6 Å². The molecule has 2 N–H and O–H groups in total.